The van der Waals surface area contributed by atoms with Gasteiger partial charge in [-0.2, -0.15) is 0 Å². The van der Waals surface area contributed by atoms with E-state index in [1.807, 2.05) is 37.4 Å². The monoisotopic (exact) mass is 301 g/mol. The second-order valence-electron chi connectivity index (χ2n) is 5.54. The lowest BCUT2D eigenvalue weighted by Crippen LogP contribution is -2.48. The average Bonchev–Trinajstić information content (AvgIpc) is 2.90. The largest absolute Gasteiger partial charge is 0.419 e. The number of amides is 1. The molecule has 1 aromatic heterocycles. The molecule has 6 nitrogen and oxygen atoms in total. The van der Waals surface area contributed by atoms with E-state index >= 15 is 0 Å². The van der Waals surface area contributed by atoms with Crippen LogP contribution in [-0.4, -0.2) is 53.5 Å². The number of hydrogen-bond donors (Lipinski definition) is 0. The van der Waals surface area contributed by atoms with Crippen LogP contribution >= 0.6 is 0 Å². The van der Waals surface area contributed by atoms with Crippen molar-refractivity contribution in [3.63, 3.8) is 0 Å². The molecule has 1 fully saturated rings. The van der Waals surface area contributed by atoms with Gasteiger partial charge in [-0.15, -0.1) is 0 Å². The number of likely N-dealkylation sites (N-methyl/N-ethyl adjacent to an activating group) is 1. The van der Waals surface area contributed by atoms with Gasteiger partial charge in [0.1, 0.15) is 6.54 Å². The highest BCUT2D eigenvalue weighted by Gasteiger charge is 2.20. The Morgan fingerprint density at radius 1 is 1.14 bits per heavy atom. The minimum atomic E-state index is -0.499. The van der Waals surface area contributed by atoms with Crippen molar-refractivity contribution in [3.05, 3.63) is 47.1 Å². The van der Waals surface area contributed by atoms with E-state index in [0.29, 0.717) is 18.8 Å². The molecule has 1 aliphatic heterocycles. The number of carbonyl (C=O) groups excluding carboxylic acids is 1. The molecule has 0 N–H and O–H groups in total. The first-order valence-corrected chi connectivity index (χ1v) is 7.35. The summed E-state index contributed by atoms with van der Waals surface area (Å²) in [6.07, 6.45) is 1.60. The maximum atomic E-state index is 12.3. The number of oxazole rings is 1. The van der Waals surface area contributed by atoms with Crippen LogP contribution < -0.4 is 5.76 Å². The molecule has 1 amide bonds. The highest BCUT2D eigenvalue weighted by Crippen LogP contribution is 2.17. The van der Waals surface area contributed by atoms with Gasteiger partial charge in [0.2, 0.25) is 5.91 Å². The van der Waals surface area contributed by atoms with Crippen LogP contribution in [0.25, 0.3) is 11.3 Å². The first-order chi connectivity index (χ1) is 10.6. The van der Waals surface area contributed by atoms with Crippen molar-refractivity contribution < 1.29 is 9.21 Å². The van der Waals surface area contributed by atoms with Crippen molar-refractivity contribution in [2.24, 2.45) is 0 Å². The Morgan fingerprint density at radius 2 is 1.82 bits per heavy atom. The molecule has 1 saturated heterocycles. The highest BCUT2D eigenvalue weighted by molar-refractivity contribution is 5.76. The Kier molecular flexibility index (Phi) is 4.11. The predicted molar refractivity (Wildman–Crippen MR) is 82.5 cm³/mol. The summed E-state index contributed by atoms with van der Waals surface area (Å²) in [7, 11) is 2.04. The van der Waals surface area contributed by atoms with E-state index in [2.05, 4.69) is 4.90 Å². The molecule has 1 aliphatic rings. The van der Waals surface area contributed by atoms with Gasteiger partial charge in [-0.3, -0.25) is 9.36 Å². The second-order valence-corrected chi connectivity index (χ2v) is 5.54. The van der Waals surface area contributed by atoms with Crippen LogP contribution in [0, 0.1) is 0 Å². The molecule has 2 heterocycles. The zero-order valence-electron chi connectivity index (χ0n) is 12.6. The lowest BCUT2D eigenvalue weighted by atomic mass is 10.2. The molecule has 0 atom stereocenters. The fourth-order valence-corrected chi connectivity index (χ4v) is 2.52. The average molecular weight is 301 g/mol. The van der Waals surface area contributed by atoms with Gasteiger partial charge in [-0.05, 0) is 7.05 Å². The molecule has 0 aliphatic carbocycles. The molecular formula is C16H19N3O3. The molecule has 2 aromatic rings. The Labute approximate surface area is 128 Å². The van der Waals surface area contributed by atoms with Gasteiger partial charge in [0.15, 0.2) is 5.76 Å². The Hall–Kier alpha value is -2.34. The van der Waals surface area contributed by atoms with Crippen molar-refractivity contribution in [1.29, 1.82) is 0 Å². The third-order valence-corrected chi connectivity index (χ3v) is 3.92. The Morgan fingerprint density at radius 3 is 2.50 bits per heavy atom. The van der Waals surface area contributed by atoms with E-state index in [1.165, 1.54) is 4.57 Å². The number of rotatable bonds is 3. The van der Waals surface area contributed by atoms with Crippen LogP contribution in [0.2, 0.25) is 0 Å². The molecule has 0 spiro atoms. The van der Waals surface area contributed by atoms with Crippen LogP contribution in [0.5, 0.6) is 0 Å². The predicted octanol–water partition coefficient (Wildman–Crippen LogP) is 0.882. The van der Waals surface area contributed by atoms with Gasteiger partial charge in [0.25, 0.3) is 0 Å². The molecule has 3 rings (SSSR count). The summed E-state index contributed by atoms with van der Waals surface area (Å²) in [6, 6.07) is 9.38. The summed E-state index contributed by atoms with van der Waals surface area (Å²) < 4.78 is 6.57. The summed E-state index contributed by atoms with van der Waals surface area (Å²) >= 11 is 0. The second kappa shape index (κ2) is 6.19. The summed E-state index contributed by atoms with van der Waals surface area (Å²) in [5.41, 5.74) is 0.824. The van der Waals surface area contributed by atoms with Crippen LogP contribution in [0.4, 0.5) is 0 Å². The highest BCUT2D eigenvalue weighted by atomic mass is 16.4. The maximum Gasteiger partial charge on any atom is 0.419 e. The van der Waals surface area contributed by atoms with Gasteiger partial charge in [0.05, 0.1) is 6.20 Å². The standard InChI is InChI=1S/C16H19N3O3/c1-17-7-9-18(10-8-17)15(20)12-19-11-14(22-16(19)21)13-5-3-2-4-6-13/h2-6,11H,7-10,12H2,1H3. The molecule has 116 valence electrons. The normalized spacial score (nSPS) is 16.0. The minimum Gasteiger partial charge on any atom is -0.408 e. The topological polar surface area (TPSA) is 58.7 Å². The quantitative estimate of drug-likeness (QED) is 0.844. The van der Waals surface area contributed by atoms with Crippen molar-refractivity contribution in [3.8, 4) is 11.3 Å². The zero-order chi connectivity index (χ0) is 15.5. The Balaban J connectivity index is 1.72. The van der Waals surface area contributed by atoms with Gasteiger partial charge >= 0.3 is 5.76 Å². The number of aromatic nitrogens is 1. The van der Waals surface area contributed by atoms with E-state index < -0.39 is 5.76 Å². The molecule has 22 heavy (non-hydrogen) atoms. The lowest BCUT2D eigenvalue weighted by Gasteiger charge is -2.32. The maximum absolute atomic E-state index is 12.3. The molecule has 1 aromatic carbocycles. The first-order valence-electron chi connectivity index (χ1n) is 7.35. The third-order valence-electron chi connectivity index (χ3n) is 3.92. The van der Waals surface area contributed by atoms with E-state index in [1.54, 1.807) is 11.1 Å². The van der Waals surface area contributed by atoms with Crippen molar-refractivity contribution in [1.82, 2.24) is 14.4 Å². The molecule has 6 heteroatoms. The smallest absolute Gasteiger partial charge is 0.408 e. The number of benzene rings is 1. The molecule has 0 bridgehead atoms. The number of nitrogens with zero attached hydrogens (tertiary/aromatic N) is 3. The molecule has 0 radical (unpaired) electrons. The lowest BCUT2D eigenvalue weighted by molar-refractivity contribution is -0.133. The van der Waals surface area contributed by atoms with Crippen LogP contribution in [-0.2, 0) is 11.3 Å². The summed E-state index contributed by atoms with van der Waals surface area (Å²) in [5, 5.41) is 0. The third kappa shape index (κ3) is 3.12. The van der Waals surface area contributed by atoms with Crippen LogP contribution in [0.15, 0.2) is 45.7 Å². The molecular weight excluding hydrogens is 282 g/mol. The van der Waals surface area contributed by atoms with Gasteiger partial charge < -0.3 is 14.2 Å². The number of hydrogen-bond acceptors (Lipinski definition) is 4. The zero-order valence-corrected chi connectivity index (χ0v) is 12.6. The van der Waals surface area contributed by atoms with E-state index in [9.17, 15) is 9.59 Å². The summed E-state index contributed by atoms with van der Waals surface area (Å²) in [6.45, 7) is 3.16. The van der Waals surface area contributed by atoms with Crippen LogP contribution in [0.1, 0.15) is 0 Å². The number of piperazine rings is 1. The Bertz CT molecular complexity index is 697. The van der Waals surface area contributed by atoms with Gasteiger partial charge in [-0.25, -0.2) is 4.79 Å². The summed E-state index contributed by atoms with van der Waals surface area (Å²) in [4.78, 5) is 28.2. The van der Waals surface area contributed by atoms with E-state index in [4.69, 9.17) is 4.42 Å². The summed E-state index contributed by atoms with van der Waals surface area (Å²) in [5.74, 6) is -0.0614. The van der Waals surface area contributed by atoms with Gasteiger partial charge in [-0.1, -0.05) is 30.3 Å². The fraction of sp³-hybridized carbons (Fsp3) is 0.375. The van der Waals surface area contributed by atoms with Crippen LogP contribution in [0.3, 0.4) is 0 Å². The fourth-order valence-electron chi connectivity index (χ4n) is 2.52. The number of carbonyl (C=O) groups is 1. The van der Waals surface area contributed by atoms with E-state index in [0.717, 1.165) is 18.7 Å². The first kappa shape index (κ1) is 14.6. The molecule has 0 unspecified atom stereocenters. The van der Waals surface area contributed by atoms with E-state index in [-0.39, 0.29) is 12.5 Å². The van der Waals surface area contributed by atoms with Crippen molar-refractivity contribution in [2.75, 3.05) is 33.2 Å². The minimum absolute atomic E-state index is 0.0267. The SMILES string of the molecule is CN1CCN(C(=O)Cn2cc(-c3ccccc3)oc2=O)CC1. The van der Waals surface area contributed by atoms with Crippen molar-refractivity contribution >= 4 is 5.91 Å². The van der Waals surface area contributed by atoms with Gasteiger partial charge in [0, 0.05) is 31.7 Å². The van der Waals surface area contributed by atoms with Crippen molar-refractivity contribution in [2.45, 2.75) is 6.54 Å². The molecule has 0 saturated carbocycles.